The highest BCUT2D eigenvalue weighted by molar-refractivity contribution is 5.79. The van der Waals surface area contributed by atoms with Crippen LogP contribution < -0.4 is 10.6 Å². The van der Waals surface area contributed by atoms with Gasteiger partial charge in [0.25, 0.3) is 0 Å². The smallest absolute Gasteiger partial charge is 0.407 e. The largest absolute Gasteiger partial charge is 0.444 e. The lowest BCUT2D eigenvalue weighted by molar-refractivity contribution is -0.127. The Morgan fingerprint density at radius 1 is 1.00 bits per heavy atom. The summed E-state index contributed by atoms with van der Waals surface area (Å²) in [7, 11) is 0. The lowest BCUT2D eigenvalue weighted by atomic mass is 9.81. The van der Waals surface area contributed by atoms with Crippen molar-refractivity contribution in [1.82, 2.24) is 30.6 Å². The van der Waals surface area contributed by atoms with Gasteiger partial charge in [-0.25, -0.2) is 14.8 Å². The van der Waals surface area contributed by atoms with E-state index in [9.17, 15) is 9.59 Å². The highest BCUT2D eigenvalue weighted by Crippen LogP contribution is 2.30. The van der Waals surface area contributed by atoms with Crippen LogP contribution in [-0.2, 0) is 16.0 Å². The molecular weight excluding hydrogens is 504 g/mol. The van der Waals surface area contributed by atoms with E-state index in [0.29, 0.717) is 30.5 Å². The van der Waals surface area contributed by atoms with Crippen LogP contribution in [0.3, 0.4) is 0 Å². The van der Waals surface area contributed by atoms with E-state index in [4.69, 9.17) is 4.74 Å². The normalized spacial score (nSPS) is 18.3. The third-order valence-electron chi connectivity index (χ3n) is 7.32. The van der Waals surface area contributed by atoms with Crippen LogP contribution in [0.25, 0.3) is 22.6 Å². The zero-order chi connectivity index (χ0) is 28.1. The molecule has 1 aliphatic rings. The highest BCUT2D eigenvalue weighted by atomic mass is 16.6. The Hall–Kier alpha value is -4.14. The van der Waals surface area contributed by atoms with Crippen LogP contribution in [0.5, 0.6) is 0 Å². The van der Waals surface area contributed by atoms with Gasteiger partial charge in [-0.1, -0.05) is 42.5 Å². The molecular formula is C31H38N6O3. The number of benzene rings is 2. The van der Waals surface area contributed by atoms with E-state index in [1.54, 1.807) is 6.20 Å². The van der Waals surface area contributed by atoms with Crippen molar-refractivity contribution >= 4 is 23.0 Å². The molecule has 0 unspecified atom stereocenters. The van der Waals surface area contributed by atoms with E-state index in [-0.39, 0.29) is 17.9 Å². The molecule has 4 N–H and O–H groups in total. The minimum absolute atomic E-state index is 0.0427. The van der Waals surface area contributed by atoms with Crippen molar-refractivity contribution in [1.29, 1.82) is 0 Å². The Labute approximate surface area is 234 Å². The first kappa shape index (κ1) is 27.4. The summed E-state index contributed by atoms with van der Waals surface area (Å²) < 4.78 is 5.34. The van der Waals surface area contributed by atoms with Gasteiger partial charge in [0.2, 0.25) is 5.91 Å². The third kappa shape index (κ3) is 7.08. The molecule has 40 heavy (non-hydrogen) atoms. The topological polar surface area (TPSA) is 125 Å². The molecule has 9 nitrogen and oxygen atoms in total. The minimum atomic E-state index is -0.517. The molecule has 2 aromatic heterocycles. The Kier molecular flexibility index (Phi) is 8.19. The summed E-state index contributed by atoms with van der Waals surface area (Å²) in [5.74, 6) is 1.72. The predicted molar refractivity (Wildman–Crippen MR) is 154 cm³/mol. The molecule has 4 aromatic rings. The maximum absolute atomic E-state index is 13.4. The number of hydrogen-bond acceptors (Lipinski definition) is 5. The van der Waals surface area contributed by atoms with E-state index >= 15 is 0 Å². The van der Waals surface area contributed by atoms with Gasteiger partial charge in [-0.3, -0.25) is 4.79 Å². The number of nitrogens with one attached hydrogen (secondary N) is 4. The van der Waals surface area contributed by atoms with Gasteiger partial charge >= 0.3 is 6.09 Å². The maximum atomic E-state index is 13.4. The zero-order valence-electron chi connectivity index (χ0n) is 23.4. The molecule has 2 amide bonds. The van der Waals surface area contributed by atoms with E-state index in [1.165, 1.54) is 0 Å². The second-order valence-corrected chi connectivity index (χ2v) is 11.6. The number of rotatable bonds is 8. The molecule has 2 heterocycles. The maximum Gasteiger partial charge on any atom is 0.407 e. The number of H-pyrrole nitrogens is 2. The number of alkyl carbamates (subject to hydrolysis) is 1. The number of para-hydroxylation sites is 2. The molecule has 1 saturated carbocycles. The molecule has 0 radical (unpaired) electrons. The summed E-state index contributed by atoms with van der Waals surface area (Å²) in [6.45, 7) is 6.12. The fraction of sp³-hybridized carbons (Fsp3) is 0.419. The Morgan fingerprint density at radius 2 is 1.73 bits per heavy atom. The van der Waals surface area contributed by atoms with Crippen molar-refractivity contribution in [3.8, 4) is 11.5 Å². The molecule has 1 fully saturated rings. The first-order valence-electron chi connectivity index (χ1n) is 14.0. The second kappa shape index (κ2) is 11.9. The van der Waals surface area contributed by atoms with E-state index in [2.05, 4.69) is 42.7 Å². The number of fused-ring (bicyclic) bond motifs is 1. The van der Waals surface area contributed by atoms with Gasteiger partial charge < -0.3 is 25.3 Å². The molecule has 0 bridgehead atoms. The van der Waals surface area contributed by atoms with E-state index in [1.807, 2.05) is 63.2 Å². The molecule has 1 aliphatic carbocycles. The van der Waals surface area contributed by atoms with Gasteiger partial charge in [-0.15, -0.1) is 0 Å². The average molecular weight is 543 g/mol. The lowest BCUT2D eigenvalue weighted by Crippen LogP contribution is -2.39. The summed E-state index contributed by atoms with van der Waals surface area (Å²) in [4.78, 5) is 41.5. The van der Waals surface area contributed by atoms with Crippen LogP contribution in [0.1, 0.15) is 63.9 Å². The van der Waals surface area contributed by atoms with Gasteiger partial charge in [0.05, 0.1) is 23.3 Å². The first-order chi connectivity index (χ1) is 19.2. The second-order valence-electron chi connectivity index (χ2n) is 11.6. The van der Waals surface area contributed by atoms with Crippen LogP contribution in [-0.4, -0.2) is 44.1 Å². The Balaban J connectivity index is 1.22. The monoisotopic (exact) mass is 542 g/mol. The molecule has 210 valence electrons. The van der Waals surface area contributed by atoms with Gasteiger partial charge in [-0.05, 0) is 76.5 Å². The highest BCUT2D eigenvalue weighted by Gasteiger charge is 2.29. The summed E-state index contributed by atoms with van der Waals surface area (Å²) in [6, 6.07) is 17.7. The van der Waals surface area contributed by atoms with Crippen LogP contribution in [0.15, 0.2) is 60.8 Å². The summed E-state index contributed by atoms with van der Waals surface area (Å²) in [5.41, 5.74) is 3.22. The summed E-state index contributed by atoms with van der Waals surface area (Å²) >= 11 is 0. The molecule has 5 rings (SSSR count). The number of hydrogen-bond donors (Lipinski definition) is 4. The molecule has 2 aromatic carbocycles. The van der Waals surface area contributed by atoms with Crippen molar-refractivity contribution in [3.05, 3.63) is 72.2 Å². The molecule has 9 heteroatoms. The summed E-state index contributed by atoms with van der Waals surface area (Å²) in [5, 5.41) is 6.16. The fourth-order valence-corrected chi connectivity index (χ4v) is 5.24. The van der Waals surface area contributed by atoms with Crippen LogP contribution in [0.2, 0.25) is 0 Å². The van der Waals surface area contributed by atoms with Crippen LogP contribution >= 0.6 is 0 Å². The molecule has 0 aliphatic heterocycles. The number of carbonyl (C=O) groups excluding carboxylic acids is 2. The molecule has 0 spiro atoms. The number of ether oxygens (including phenoxy) is 1. The third-order valence-corrected chi connectivity index (χ3v) is 7.32. The molecule has 0 saturated heterocycles. The minimum Gasteiger partial charge on any atom is -0.444 e. The van der Waals surface area contributed by atoms with E-state index in [0.717, 1.165) is 48.0 Å². The Bertz CT molecular complexity index is 1400. The average Bonchev–Trinajstić information content (AvgIpc) is 3.59. The molecule has 1 atom stereocenters. The van der Waals surface area contributed by atoms with Crippen molar-refractivity contribution in [3.63, 3.8) is 0 Å². The van der Waals surface area contributed by atoms with Crippen LogP contribution in [0, 0.1) is 11.8 Å². The van der Waals surface area contributed by atoms with Crippen molar-refractivity contribution < 1.29 is 14.3 Å². The summed E-state index contributed by atoms with van der Waals surface area (Å²) in [6.07, 6.45) is 5.33. The van der Waals surface area contributed by atoms with Crippen LogP contribution in [0.4, 0.5) is 4.79 Å². The fourth-order valence-electron chi connectivity index (χ4n) is 5.24. The van der Waals surface area contributed by atoms with Crippen molar-refractivity contribution in [2.75, 3.05) is 6.54 Å². The van der Waals surface area contributed by atoms with Crippen molar-refractivity contribution in [2.45, 2.75) is 64.5 Å². The number of aromatic amines is 2. The van der Waals surface area contributed by atoms with Gasteiger partial charge in [0.15, 0.2) is 5.82 Å². The quantitative estimate of drug-likeness (QED) is 0.228. The standard InChI is InChI=1S/C31H38N6O3/c1-31(2,3)40-30(39)33-18-21-13-15-22(16-14-21)29(38)37-25(17-20-9-5-4-6-10-20)27-32-19-26(36-27)28-34-23-11-7-8-12-24(23)35-28/h4-12,19,21-22,25H,13-18H2,1-3H3,(H,32,36)(H,33,39)(H,34,35)(H,37,38)/t21?,22?,25-/m0/s1. The number of imidazole rings is 2. The number of amides is 2. The first-order valence-corrected chi connectivity index (χ1v) is 14.0. The predicted octanol–water partition coefficient (Wildman–Crippen LogP) is 5.68. The zero-order valence-corrected chi connectivity index (χ0v) is 23.4. The van der Waals surface area contributed by atoms with Gasteiger partial charge in [-0.2, -0.15) is 0 Å². The SMILES string of the molecule is CC(C)(C)OC(=O)NCC1CCC(C(=O)N[C@@H](Cc2ccccc2)c2ncc(-c3nc4ccccc4[nH]3)[nH]2)CC1. The number of nitrogens with zero attached hydrogens (tertiary/aromatic N) is 2. The number of carbonyl (C=O) groups is 2. The lowest BCUT2D eigenvalue weighted by Gasteiger charge is -2.29. The van der Waals surface area contributed by atoms with Crippen molar-refractivity contribution in [2.24, 2.45) is 11.8 Å². The Morgan fingerprint density at radius 3 is 2.45 bits per heavy atom. The van der Waals surface area contributed by atoms with E-state index < -0.39 is 11.7 Å². The number of aromatic nitrogens is 4. The van der Waals surface area contributed by atoms with Gasteiger partial charge in [0, 0.05) is 12.5 Å². The van der Waals surface area contributed by atoms with Gasteiger partial charge in [0.1, 0.15) is 17.1 Å².